The van der Waals surface area contributed by atoms with Gasteiger partial charge in [-0.3, -0.25) is 0 Å². The Morgan fingerprint density at radius 2 is 2.18 bits per heavy atom. The summed E-state index contributed by atoms with van der Waals surface area (Å²) in [6, 6.07) is 0. The van der Waals surface area contributed by atoms with Gasteiger partial charge < -0.3 is 16.0 Å². The van der Waals surface area contributed by atoms with Crippen molar-refractivity contribution in [2.45, 2.75) is 0 Å². The fourth-order valence-electron chi connectivity index (χ4n) is 0.635. The van der Waals surface area contributed by atoms with Gasteiger partial charge in [0.25, 0.3) is 0 Å². The summed E-state index contributed by atoms with van der Waals surface area (Å²) < 4.78 is 2.37. The molecule has 4 N–H and O–H groups in total. The fourth-order valence-corrected chi connectivity index (χ4v) is 1.97. The maximum atomic E-state index is 5.64. The molecule has 0 saturated heterocycles. The van der Waals surface area contributed by atoms with Crippen LogP contribution in [0.5, 0.6) is 0 Å². The Hall–Kier alpha value is -0.460. The molecular weight excluding hydrogens is 198 g/mol. The predicted octanol–water partition coefficient (Wildman–Crippen LogP) is 1.03. The number of nitrogens with zero attached hydrogens (tertiary/aromatic N) is 1. The average molecular weight is 205 g/mol. The van der Waals surface area contributed by atoms with Gasteiger partial charge in [0.05, 0.1) is 0 Å². The van der Waals surface area contributed by atoms with Crippen LogP contribution in [0, 0.1) is 3.95 Å². The molecule has 0 radical (unpaired) electrons. The van der Waals surface area contributed by atoms with Crippen molar-refractivity contribution >= 4 is 46.6 Å². The normalized spacial score (nSPS) is 9.91. The van der Waals surface area contributed by atoms with E-state index in [9.17, 15) is 0 Å². The lowest BCUT2D eigenvalue weighted by molar-refractivity contribution is 0.933. The number of thiocarbonyl (C=S) groups is 1. The van der Waals surface area contributed by atoms with Crippen LogP contribution < -0.4 is 11.5 Å². The first-order chi connectivity index (χ1) is 5.04. The second-order valence-electron chi connectivity index (χ2n) is 2.01. The molecular formula is C5H7N3S3. The van der Waals surface area contributed by atoms with Crippen LogP contribution in [0.25, 0.3) is 0 Å². The highest BCUT2D eigenvalue weighted by atomic mass is 32.1. The number of thiazole rings is 1. The summed E-state index contributed by atoms with van der Waals surface area (Å²) in [4.78, 5) is 1.01. The summed E-state index contributed by atoms with van der Waals surface area (Å²) in [7, 11) is 1.79. The predicted molar refractivity (Wildman–Crippen MR) is 54.4 cm³/mol. The number of nitrogens with two attached hydrogens (primary N) is 2. The molecule has 0 aliphatic heterocycles. The van der Waals surface area contributed by atoms with Gasteiger partial charge in [0.2, 0.25) is 0 Å². The van der Waals surface area contributed by atoms with Gasteiger partial charge in [-0.2, -0.15) is 0 Å². The van der Waals surface area contributed by atoms with E-state index in [4.69, 9.17) is 35.9 Å². The molecule has 0 unspecified atom stereocenters. The molecule has 0 saturated carbocycles. The van der Waals surface area contributed by atoms with Gasteiger partial charge in [-0.15, -0.1) is 11.3 Å². The maximum Gasteiger partial charge on any atom is 0.163 e. The summed E-state index contributed by atoms with van der Waals surface area (Å²) >= 11 is 11.1. The van der Waals surface area contributed by atoms with Crippen LogP contribution in [0.4, 0.5) is 5.82 Å². The van der Waals surface area contributed by atoms with Crippen molar-refractivity contribution < 1.29 is 0 Å². The topological polar surface area (TPSA) is 57.0 Å². The van der Waals surface area contributed by atoms with Gasteiger partial charge in [-0.1, -0.05) is 12.2 Å². The molecule has 60 valence electrons. The smallest absolute Gasteiger partial charge is 0.163 e. The largest absolute Gasteiger partial charge is 0.389 e. The summed E-state index contributed by atoms with van der Waals surface area (Å²) in [5.74, 6) is 0.549. The Morgan fingerprint density at radius 3 is 2.36 bits per heavy atom. The van der Waals surface area contributed by atoms with E-state index in [0.717, 1.165) is 0 Å². The SMILES string of the molecule is Cn1c(N)c(C(N)=S)sc1=S. The number of nitrogen functional groups attached to an aromatic ring is 1. The van der Waals surface area contributed by atoms with E-state index in [0.29, 0.717) is 19.6 Å². The number of hydrogen-bond acceptors (Lipinski definition) is 4. The summed E-state index contributed by atoms with van der Waals surface area (Å²) in [5.41, 5.74) is 11.0. The minimum absolute atomic E-state index is 0.305. The number of hydrogen-bond donors (Lipinski definition) is 2. The monoisotopic (exact) mass is 205 g/mol. The first-order valence-electron chi connectivity index (χ1n) is 2.79. The number of aromatic nitrogens is 1. The maximum absolute atomic E-state index is 5.64. The van der Waals surface area contributed by atoms with Crippen molar-refractivity contribution in [1.82, 2.24) is 4.57 Å². The van der Waals surface area contributed by atoms with Crippen LogP contribution in [0.15, 0.2) is 0 Å². The first kappa shape index (κ1) is 8.63. The fraction of sp³-hybridized carbons (Fsp3) is 0.200. The first-order valence-corrected chi connectivity index (χ1v) is 4.42. The molecule has 0 aliphatic rings. The van der Waals surface area contributed by atoms with Crippen molar-refractivity contribution in [3.8, 4) is 0 Å². The van der Waals surface area contributed by atoms with E-state index in [2.05, 4.69) is 0 Å². The summed E-state index contributed by atoms with van der Waals surface area (Å²) in [5, 5.41) is 0. The zero-order valence-corrected chi connectivity index (χ0v) is 8.28. The second-order valence-corrected chi connectivity index (χ2v) is 4.09. The van der Waals surface area contributed by atoms with Gasteiger partial charge in [0.15, 0.2) is 3.95 Å². The van der Waals surface area contributed by atoms with E-state index >= 15 is 0 Å². The van der Waals surface area contributed by atoms with Crippen molar-refractivity contribution in [3.05, 3.63) is 8.83 Å². The molecule has 6 heteroatoms. The van der Waals surface area contributed by atoms with Crippen molar-refractivity contribution in [1.29, 1.82) is 0 Å². The third-order valence-electron chi connectivity index (χ3n) is 1.28. The Morgan fingerprint density at radius 1 is 1.64 bits per heavy atom. The Labute approximate surface area is 78.6 Å². The Kier molecular flexibility index (Phi) is 2.26. The van der Waals surface area contributed by atoms with Gasteiger partial charge in [0, 0.05) is 7.05 Å². The third-order valence-corrected chi connectivity index (χ3v) is 3.22. The molecule has 0 aromatic carbocycles. The molecule has 0 aliphatic carbocycles. The summed E-state index contributed by atoms with van der Waals surface area (Å²) in [6.07, 6.45) is 0. The molecule has 1 heterocycles. The second kappa shape index (κ2) is 2.88. The molecule has 11 heavy (non-hydrogen) atoms. The zero-order chi connectivity index (χ0) is 8.59. The van der Waals surface area contributed by atoms with Crippen molar-refractivity contribution in [2.24, 2.45) is 12.8 Å². The van der Waals surface area contributed by atoms with Crippen LogP contribution in [-0.4, -0.2) is 9.56 Å². The molecule has 3 nitrogen and oxygen atoms in total. The standard InChI is InChI=1S/C5H7N3S3/c1-8-3(6)2(4(7)9)11-5(8)10/h6H2,1H3,(H2,7,9). The molecule has 1 aromatic heterocycles. The van der Waals surface area contributed by atoms with E-state index in [1.54, 1.807) is 11.6 Å². The summed E-state index contributed by atoms with van der Waals surface area (Å²) in [6.45, 7) is 0. The van der Waals surface area contributed by atoms with Gasteiger partial charge in [0.1, 0.15) is 15.7 Å². The molecule has 0 amide bonds. The lowest BCUT2D eigenvalue weighted by Gasteiger charge is -1.96. The highest BCUT2D eigenvalue weighted by Crippen LogP contribution is 2.19. The third kappa shape index (κ3) is 1.42. The highest BCUT2D eigenvalue weighted by Gasteiger charge is 2.08. The number of anilines is 1. The van der Waals surface area contributed by atoms with Crippen LogP contribution in [0.1, 0.15) is 4.88 Å². The zero-order valence-electron chi connectivity index (χ0n) is 5.83. The van der Waals surface area contributed by atoms with Crippen molar-refractivity contribution in [3.63, 3.8) is 0 Å². The van der Waals surface area contributed by atoms with E-state index in [-0.39, 0.29) is 0 Å². The van der Waals surface area contributed by atoms with E-state index in [1.807, 2.05) is 0 Å². The minimum Gasteiger partial charge on any atom is -0.389 e. The van der Waals surface area contributed by atoms with Crippen LogP contribution in [0.3, 0.4) is 0 Å². The van der Waals surface area contributed by atoms with Gasteiger partial charge >= 0.3 is 0 Å². The van der Waals surface area contributed by atoms with Crippen LogP contribution in [-0.2, 0) is 7.05 Å². The number of rotatable bonds is 1. The molecule has 0 bridgehead atoms. The highest BCUT2D eigenvalue weighted by molar-refractivity contribution is 7.81. The van der Waals surface area contributed by atoms with Crippen LogP contribution in [0.2, 0.25) is 0 Å². The molecule has 0 atom stereocenters. The van der Waals surface area contributed by atoms with Crippen LogP contribution >= 0.6 is 35.8 Å². The van der Waals surface area contributed by atoms with Gasteiger partial charge in [-0.25, -0.2) is 0 Å². The lowest BCUT2D eigenvalue weighted by atomic mass is 10.5. The Balaban J connectivity index is 3.42. The van der Waals surface area contributed by atoms with E-state index < -0.39 is 0 Å². The molecule has 1 rings (SSSR count). The minimum atomic E-state index is 0.305. The average Bonchev–Trinajstić information content (AvgIpc) is 2.17. The molecule has 1 aromatic rings. The van der Waals surface area contributed by atoms with Crippen molar-refractivity contribution in [2.75, 3.05) is 5.73 Å². The Bertz CT molecular complexity index is 348. The van der Waals surface area contributed by atoms with Gasteiger partial charge in [-0.05, 0) is 12.2 Å². The van der Waals surface area contributed by atoms with E-state index in [1.165, 1.54) is 11.3 Å². The lowest BCUT2D eigenvalue weighted by Crippen LogP contribution is -2.10. The quantitative estimate of drug-likeness (QED) is 0.672. The molecule has 0 fully saturated rings. The molecule has 0 spiro atoms.